The Bertz CT molecular complexity index is 736. The number of hydrogen-bond donors (Lipinski definition) is 1. The van der Waals surface area contributed by atoms with Crippen LogP contribution in [0.1, 0.15) is 10.4 Å². The van der Waals surface area contributed by atoms with Gasteiger partial charge in [-0.15, -0.1) is 0 Å². The molecule has 0 spiro atoms. The number of carbonyl (C=O) groups is 1. The van der Waals surface area contributed by atoms with Crippen LogP contribution in [0.15, 0.2) is 42.5 Å². The molecule has 0 aliphatic heterocycles. The lowest BCUT2D eigenvalue weighted by Crippen LogP contribution is -1.98. The molecule has 0 aliphatic carbocycles. The van der Waals surface area contributed by atoms with Crippen LogP contribution in [0.3, 0.4) is 0 Å². The van der Waals surface area contributed by atoms with Gasteiger partial charge in [0.2, 0.25) is 0 Å². The fourth-order valence-corrected chi connectivity index (χ4v) is 2.39. The second-order valence-corrected chi connectivity index (χ2v) is 4.35. The summed E-state index contributed by atoms with van der Waals surface area (Å²) >= 11 is 1.15. The van der Waals surface area contributed by atoms with Gasteiger partial charge < -0.3 is 5.11 Å². The summed E-state index contributed by atoms with van der Waals surface area (Å²) in [6.45, 7) is 0. The van der Waals surface area contributed by atoms with Gasteiger partial charge in [-0.05, 0) is 29.3 Å². The highest BCUT2D eigenvalue weighted by molar-refractivity contribution is 7.00. The van der Waals surface area contributed by atoms with E-state index in [4.69, 9.17) is 0 Å². The van der Waals surface area contributed by atoms with E-state index in [0.29, 0.717) is 11.1 Å². The standard InChI is InChI=1S/C13H8N2O2S/c16-13(17)10-4-2-1-3-9(10)8-5-6-11-12(7-8)15-18-14-11/h1-7H,(H,16,17). The van der Waals surface area contributed by atoms with Crippen molar-refractivity contribution in [2.45, 2.75) is 0 Å². The Kier molecular flexibility index (Phi) is 2.53. The second-order valence-electron chi connectivity index (χ2n) is 3.82. The molecule has 1 N–H and O–H groups in total. The molecule has 3 aromatic rings. The van der Waals surface area contributed by atoms with Gasteiger partial charge in [-0.3, -0.25) is 0 Å². The minimum absolute atomic E-state index is 0.292. The van der Waals surface area contributed by atoms with Crippen LogP contribution in [0.25, 0.3) is 22.2 Å². The van der Waals surface area contributed by atoms with Crippen molar-refractivity contribution in [1.82, 2.24) is 8.75 Å². The van der Waals surface area contributed by atoms with E-state index >= 15 is 0 Å². The predicted octanol–water partition coefficient (Wildman–Crippen LogP) is 3.06. The number of fused-ring (bicyclic) bond motifs is 1. The normalized spacial score (nSPS) is 10.7. The zero-order valence-electron chi connectivity index (χ0n) is 9.20. The molecule has 0 radical (unpaired) electrons. The van der Waals surface area contributed by atoms with Gasteiger partial charge in [0.15, 0.2) is 0 Å². The minimum Gasteiger partial charge on any atom is -0.478 e. The van der Waals surface area contributed by atoms with Crippen LogP contribution in [-0.4, -0.2) is 19.8 Å². The summed E-state index contributed by atoms with van der Waals surface area (Å²) in [5, 5.41) is 9.17. The molecule has 4 nitrogen and oxygen atoms in total. The molecule has 0 saturated carbocycles. The van der Waals surface area contributed by atoms with Crippen molar-refractivity contribution in [3.8, 4) is 11.1 Å². The molecule has 2 aromatic carbocycles. The monoisotopic (exact) mass is 256 g/mol. The van der Waals surface area contributed by atoms with E-state index in [1.165, 1.54) is 0 Å². The number of benzene rings is 2. The molecular weight excluding hydrogens is 248 g/mol. The molecule has 0 fully saturated rings. The van der Waals surface area contributed by atoms with Gasteiger partial charge in [-0.1, -0.05) is 24.3 Å². The number of aromatic carboxylic acids is 1. The molecular formula is C13H8N2O2S. The highest BCUT2D eigenvalue weighted by Gasteiger charge is 2.11. The Balaban J connectivity index is 2.22. The molecule has 0 unspecified atom stereocenters. The number of nitrogens with zero attached hydrogens (tertiary/aromatic N) is 2. The van der Waals surface area contributed by atoms with Crippen LogP contribution in [0, 0.1) is 0 Å². The highest BCUT2D eigenvalue weighted by Crippen LogP contribution is 2.26. The quantitative estimate of drug-likeness (QED) is 0.765. The SMILES string of the molecule is O=C(O)c1ccccc1-c1ccc2nsnc2c1. The van der Waals surface area contributed by atoms with E-state index < -0.39 is 5.97 Å². The molecule has 0 aliphatic rings. The number of hydrogen-bond acceptors (Lipinski definition) is 4. The lowest BCUT2D eigenvalue weighted by atomic mass is 9.99. The summed E-state index contributed by atoms with van der Waals surface area (Å²) in [6, 6.07) is 12.5. The topological polar surface area (TPSA) is 63.1 Å². The molecule has 0 saturated heterocycles. The molecule has 18 heavy (non-hydrogen) atoms. The molecule has 5 heteroatoms. The van der Waals surface area contributed by atoms with Crippen LogP contribution in [0.5, 0.6) is 0 Å². The Hall–Kier alpha value is -2.27. The van der Waals surface area contributed by atoms with Gasteiger partial charge in [0.05, 0.1) is 17.3 Å². The molecule has 3 rings (SSSR count). The van der Waals surface area contributed by atoms with Crippen LogP contribution < -0.4 is 0 Å². The van der Waals surface area contributed by atoms with Crippen molar-refractivity contribution in [3.05, 3.63) is 48.0 Å². The van der Waals surface area contributed by atoms with Crippen molar-refractivity contribution in [2.75, 3.05) is 0 Å². The molecule has 1 heterocycles. The largest absolute Gasteiger partial charge is 0.478 e. The third-order valence-electron chi connectivity index (χ3n) is 2.72. The van der Waals surface area contributed by atoms with E-state index in [1.807, 2.05) is 24.3 Å². The lowest BCUT2D eigenvalue weighted by Gasteiger charge is -2.05. The van der Waals surface area contributed by atoms with Crippen molar-refractivity contribution >= 4 is 28.7 Å². The van der Waals surface area contributed by atoms with E-state index in [2.05, 4.69) is 8.75 Å². The molecule has 0 bridgehead atoms. The van der Waals surface area contributed by atoms with Gasteiger partial charge in [0.1, 0.15) is 11.0 Å². The Labute approximate surface area is 107 Å². The van der Waals surface area contributed by atoms with Gasteiger partial charge in [0.25, 0.3) is 0 Å². The molecule has 0 atom stereocenters. The summed E-state index contributed by atoms with van der Waals surface area (Å²) in [5.74, 6) is -0.929. The fourth-order valence-electron chi connectivity index (χ4n) is 1.87. The summed E-state index contributed by atoms with van der Waals surface area (Å²) < 4.78 is 8.29. The van der Waals surface area contributed by atoms with E-state index in [0.717, 1.165) is 28.3 Å². The van der Waals surface area contributed by atoms with Gasteiger partial charge in [-0.2, -0.15) is 8.75 Å². The third-order valence-corrected chi connectivity index (χ3v) is 3.28. The maximum Gasteiger partial charge on any atom is 0.336 e. The summed E-state index contributed by atoms with van der Waals surface area (Å²) in [7, 11) is 0. The number of aromatic nitrogens is 2. The first-order valence-corrected chi connectivity index (χ1v) is 6.04. The van der Waals surface area contributed by atoms with Crippen molar-refractivity contribution in [1.29, 1.82) is 0 Å². The smallest absolute Gasteiger partial charge is 0.336 e. The van der Waals surface area contributed by atoms with Crippen LogP contribution in [-0.2, 0) is 0 Å². The van der Waals surface area contributed by atoms with Gasteiger partial charge >= 0.3 is 5.97 Å². The second kappa shape index (κ2) is 4.19. The number of rotatable bonds is 2. The zero-order valence-corrected chi connectivity index (χ0v) is 10.0. The highest BCUT2D eigenvalue weighted by atomic mass is 32.1. The van der Waals surface area contributed by atoms with Crippen LogP contribution in [0.2, 0.25) is 0 Å². The number of carboxylic acids is 1. The Morgan fingerprint density at radius 1 is 1.06 bits per heavy atom. The average Bonchev–Trinajstić information content (AvgIpc) is 2.85. The van der Waals surface area contributed by atoms with Crippen molar-refractivity contribution in [3.63, 3.8) is 0 Å². The Morgan fingerprint density at radius 3 is 2.67 bits per heavy atom. The number of carboxylic acid groups (broad SMARTS) is 1. The molecule has 1 aromatic heterocycles. The fraction of sp³-hybridized carbons (Fsp3) is 0. The first kappa shape index (κ1) is 10.9. The maximum atomic E-state index is 11.2. The first-order chi connectivity index (χ1) is 8.75. The average molecular weight is 256 g/mol. The van der Waals surface area contributed by atoms with Gasteiger partial charge in [0, 0.05) is 0 Å². The van der Waals surface area contributed by atoms with E-state index in [9.17, 15) is 9.90 Å². The van der Waals surface area contributed by atoms with E-state index in [-0.39, 0.29) is 0 Å². The first-order valence-electron chi connectivity index (χ1n) is 5.31. The van der Waals surface area contributed by atoms with Crippen LogP contribution >= 0.6 is 11.7 Å². The minimum atomic E-state index is -0.929. The molecule has 88 valence electrons. The summed E-state index contributed by atoms with van der Waals surface area (Å²) in [4.78, 5) is 11.2. The van der Waals surface area contributed by atoms with Gasteiger partial charge in [-0.25, -0.2) is 4.79 Å². The molecule has 0 amide bonds. The summed E-state index contributed by atoms with van der Waals surface area (Å²) in [5.41, 5.74) is 3.45. The Morgan fingerprint density at radius 2 is 1.83 bits per heavy atom. The van der Waals surface area contributed by atoms with Crippen molar-refractivity contribution < 1.29 is 9.90 Å². The predicted molar refractivity (Wildman–Crippen MR) is 69.8 cm³/mol. The van der Waals surface area contributed by atoms with Crippen molar-refractivity contribution in [2.24, 2.45) is 0 Å². The lowest BCUT2D eigenvalue weighted by molar-refractivity contribution is 0.0697. The van der Waals surface area contributed by atoms with E-state index in [1.54, 1.807) is 18.2 Å². The summed E-state index contributed by atoms with van der Waals surface area (Å²) in [6.07, 6.45) is 0. The van der Waals surface area contributed by atoms with Crippen LogP contribution in [0.4, 0.5) is 0 Å². The zero-order chi connectivity index (χ0) is 12.5. The third kappa shape index (κ3) is 1.74. The maximum absolute atomic E-state index is 11.2.